The zero-order valence-corrected chi connectivity index (χ0v) is 15.0. The second kappa shape index (κ2) is 7.61. The van der Waals surface area contributed by atoms with Crippen LogP contribution in [-0.4, -0.2) is 45.4 Å². The zero-order chi connectivity index (χ0) is 18.6. The molecule has 2 aromatic carbocycles. The number of likely N-dealkylation sites (tertiary alicyclic amines) is 1. The second-order valence-electron chi connectivity index (χ2n) is 6.91. The van der Waals surface area contributed by atoms with E-state index in [1.807, 2.05) is 51.9 Å². The van der Waals surface area contributed by atoms with Crippen LogP contribution in [0.2, 0.25) is 0 Å². The first kappa shape index (κ1) is 17.3. The van der Waals surface area contributed by atoms with Gasteiger partial charge in [-0.05, 0) is 24.1 Å². The summed E-state index contributed by atoms with van der Waals surface area (Å²) in [7, 11) is 0. The predicted octanol–water partition coefficient (Wildman–Crippen LogP) is 2.00. The Morgan fingerprint density at radius 1 is 1.11 bits per heavy atom. The number of imidazole rings is 1. The summed E-state index contributed by atoms with van der Waals surface area (Å²) in [6, 6.07) is 17.7. The van der Waals surface area contributed by atoms with Gasteiger partial charge in [-0.15, -0.1) is 0 Å². The molecule has 1 aromatic heterocycles. The second-order valence-corrected chi connectivity index (χ2v) is 6.91. The fourth-order valence-electron chi connectivity index (χ4n) is 3.56. The number of hydrogen-bond donors (Lipinski definition) is 1. The molecule has 0 spiro atoms. The van der Waals surface area contributed by atoms with Gasteiger partial charge in [-0.2, -0.15) is 0 Å². The Kier molecular flexibility index (Phi) is 4.87. The Labute approximate surface area is 157 Å². The van der Waals surface area contributed by atoms with Crippen LogP contribution in [0.1, 0.15) is 12.0 Å². The van der Waals surface area contributed by atoms with E-state index in [0.29, 0.717) is 19.5 Å². The van der Waals surface area contributed by atoms with Crippen LogP contribution in [-0.2, 0) is 22.6 Å². The van der Waals surface area contributed by atoms with Crippen molar-refractivity contribution in [1.29, 1.82) is 0 Å². The molecule has 1 aliphatic heterocycles. The zero-order valence-electron chi connectivity index (χ0n) is 15.0. The van der Waals surface area contributed by atoms with E-state index in [0.717, 1.165) is 17.5 Å². The van der Waals surface area contributed by atoms with Gasteiger partial charge in [0.15, 0.2) is 0 Å². The van der Waals surface area contributed by atoms with Crippen LogP contribution < -0.4 is 5.32 Å². The van der Waals surface area contributed by atoms with Gasteiger partial charge in [0, 0.05) is 19.5 Å². The number of hydrogen-bond acceptors (Lipinski definition) is 3. The quantitative estimate of drug-likeness (QED) is 0.729. The van der Waals surface area contributed by atoms with Gasteiger partial charge in [0.1, 0.15) is 6.54 Å². The first-order chi connectivity index (χ1) is 13.2. The molecular weight excluding hydrogens is 340 g/mol. The summed E-state index contributed by atoms with van der Waals surface area (Å²) in [6.45, 7) is 1.46. The average molecular weight is 362 g/mol. The lowest BCUT2D eigenvalue weighted by Gasteiger charge is -2.17. The van der Waals surface area contributed by atoms with Gasteiger partial charge in [0.05, 0.1) is 23.4 Å². The van der Waals surface area contributed by atoms with Gasteiger partial charge in [0.2, 0.25) is 11.8 Å². The fraction of sp³-hybridized carbons (Fsp3) is 0.286. The molecule has 0 saturated carbocycles. The number of benzene rings is 2. The molecule has 4 rings (SSSR count). The van der Waals surface area contributed by atoms with Gasteiger partial charge >= 0.3 is 0 Å². The van der Waals surface area contributed by atoms with Crippen LogP contribution in [0.5, 0.6) is 0 Å². The summed E-state index contributed by atoms with van der Waals surface area (Å²) in [4.78, 5) is 30.8. The Bertz CT molecular complexity index is 951. The lowest BCUT2D eigenvalue weighted by Crippen LogP contribution is -2.39. The lowest BCUT2D eigenvalue weighted by atomic mass is 10.1. The number of amides is 2. The van der Waals surface area contributed by atoms with E-state index in [1.54, 1.807) is 6.33 Å². The van der Waals surface area contributed by atoms with E-state index in [-0.39, 0.29) is 24.4 Å². The van der Waals surface area contributed by atoms with Crippen LogP contribution in [0, 0.1) is 0 Å². The highest BCUT2D eigenvalue weighted by molar-refractivity contribution is 5.83. The minimum absolute atomic E-state index is 0.0964. The summed E-state index contributed by atoms with van der Waals surface area (Å²) in [6.07, 6.45) is 2.87. The summed E-state index contributed by atoms with van der Waals surface area (Å²) >= 11 is 0. The normalized spacial score (nSPS) is 16.8. The van der Waals surface area contributed by atoms with Crippen molar-refractivity contribution in [2.75, 3.05) is 13.1 Å². The average Bonchev–Trinajstić information content (AvgIpc) is 3.24. The number of aromatic nitrogens is 2. The number of carbonyl (C=O) groups is 2. The minimum atomic E-state index is -0.129. The van der Waals surface area contributed by atoms with Crippen molar-refractivity contribution in [3.8, 4) is 0 Å². The third-order valence-corrected chi connectivity index (χ3v) is 4.93. The Hall–Kier alpha value is -3.15. The molecule has 27 heavy (non-hydrogen) atoms. The molecule has 1 N–H and O–H groups in total. The topological polar surface area (TPSA) is 67.2 Å². The number of rotatable bonds is 6. The predicted molar refractivity (Wildman–Crippen MR) is 103 cm³/mol. The van der Waals surface area contributed by atoms with E-state index >= 15 is 0 Å². The van der Waals surface area contributed by atoms with Gasteiger partial charge in [-0.1, -0.05) is 42.5 Å². The number of carbonyl (C=O) groups excluding carboxylic acids is 2. The Morgan fingerprint density at radius 3 is 2.74 bits per heavy atom. The summed E-state index contributed by atoms with van der Waals surface area (Å²) < 4.78 is 1.83. The molecule has 0 aliphatic carbocycles. The van der Waals surface area contributed by atoms with Crippen LogP contribution >= 0.6 is 0 Å². The van der Waals surface area contributed by atoms with Crippen LogP contribution in [0.3, 0.4) is 0 Å². The molecule has 0 radical (unpaired) electrons. The number of nitrogens with one attached hydrogen (secondary N) is 1. The van der Waals surface area contributed by atoms with Gasteiger partial charge in [-0.25, -0.2) is 4.98 Å². The monoisotopic (exact) mass is 362 g/mol. The van der Waals surface area contributed by atoms with Crippen LogP contribution in [0.25, 0.3) is 11.0 Å². The molecule has 0 bridgehead atoms. The fourth-order valence-corrected chi connectivity index (χ4v) is 3.56. The Morgan fingerprint density at radius 2 is 1.89 bits per heavy atom. The minimum Gasteiger partial charge on any atom is -0.350 e. The van der Waals surface area contributed by atoms with Crippen molar-refractivity contribution in [3.05, 3.63) is 66.5 Å². The van der Waals surface area contributed by atoms with Crippen molar-refractivity contribution in [3.63, 3.8) is 0 Å². The van der Waals surface area contributed by atoms with Gasteiger partial charge in [-0.3, -0.25) is 9.59 Å². The Balaban J connectivity index is 1.30. The highest BCUT2D eigenvalue weighted by atomic mass is 16.2. The highest BCUT2D eigenvalue weighted by Gasteiger charge is 2.30. The standard InChI is InChI=1S/C21H22N4O2/c26-20(14-25-15-22-18-8-4-5-9-19(18)25)23-17-12-21(27)24(13-17)11-10-16-6-2-1-3-7-16/h1-9,15,17H,10-14H2,(H,23,26)/t17-/m1/s1. The molecular formula is C21H22N4O2. The van der Waals surface area contributed by atoms with Gasteiger partial charge < -0.3 is 14.8 Å². The maximum Gasteiger partial charge on any atom is 0.240 e. The van der Waals surface area contributed by atoms with E-state index in [2.05, 4.69) is 22.4 Å². The largest absolute Gasteiger partial charge is 0.350 e. The molecule has 1 saturated heterocycles. The van der Waals surface area contributed by atoms with E-state index in [1.165, 1.54) is 5.56 Å². The van der Waals surface area contributed by atoms with Gasteiger partial charge in [0.25, 0.3) is 0 Å². The summed E-state index contributed by atoms with van der Waals surface area (Å²) in [5.41, 5.74) is 3.01. The molecule has 1 fully saturated rings. The molecule has 6 heteroatoms. The summed E-state index contributed by atoms with van der Waals surface area (Å²) in [5, 5.41) is 2.99. The van der Waals surface area contributed by atoms with E-state index < -0.39 is 0 Å². The third-order valence-electron chi connectivity index (χ3n) is 4.93. The maximum absolute atomic E-state index is 12.4. The maximum atomic E-state index is 12.4. The molecule has 6 nitrogen and oxygen atoms in total. The molecule has 1 aliphatic rings. The highest BCUT2D eigenvalue weighted by Crippen LogP contribution is 2.14. The molecule has 3 aromatic rings. The first-order valence-corrected chi connectivity index (χ1v) is 9.20. The number of para-hydroxylation sites is 2. The van der Waals surface area contributed by atoms with Crippen molar-refractivity contribution in [2.24, 2.45) is 0 Å². The molecule has 138 valence electrons. The first-order valence-electron chi connectivity index (χ1n) is 9.20. The van der Waals surface area contributed by atoms with E-state index in [9.17, 15) is 9.59 Å². The van der Waals surface area contributed by atoms with Crippen molar-refractivity contribution in [1.82, 2.24) is 19.8 Å². The lowest BCUT2D eigenvalue weighted by molar-refractivity contribution is -0.127. The molecule has 2 amide bonds. The van der Waals surface area contributed by atoms with Crippen LogP contribution in [0.4, 0.5) is 0 Å². The number of fused-ring (bicyclic) bond motifs is 1. The molecule has 0 unspecified atom stereocenters. The summed E-state index contributed by atoms with van der Waals surface area (Å²) in [5.74, 6) is 0.00479. The van der Waals surface area contributed by atoms with E-state index in [4.69, 9.17) is 0 Å². The van der Waals surface area contributed by atoms with Crippen molar-refractivity contribution >= 4 is 22.8 Å². The van der Waals surface area contributed by atoms with Crippen LogP contribution in [0.15, 0.2) is 60.9 Å². The number of nitrogens with zero attached hydrogens (tertiary/aromatic N) is 3. The molecule has 2 heterocycles. The SMILES string of the molecule is O=C(Cn1cnc2ccccc21)N[C@@H]1CC(=O)N(CCc2ccccc2)C1. The third kappa shape index (κ3) is 4.00. The smallest absolute Gasteiger partial charge is 0.240 e. The molecule has 1 atom stereocenters. The van der Waals surface area contributed by atoms with Crippen molar-refractivity contribution < 1.29 is 9.59 Å². The van der Waals surface area contributed by atoms with Crippen molar-refractivity contribution in [2.45, 2.75) is 25.4 Å².